The molecule has 0 unspecified atom stereocenters. The Morgan fingerprint density at radius 3 is 0.968 bits per heavy atom. The largest absolute Gasteiger partial charge is 0.507 e. The van der Waals surface area contributed by atoms with Crippen LogP contribution in [-0.4, -0.2) is 66.8 Å². The third-order valence-corrected chi connectivity index (χ3v) is 11.6. The first-order valence-electron chi connectivity index (χ1n) is 22.6. The fraction of sp³-hybridized carbons (Fsp3) is 0.604. The number of aryl methyl sites for hydroxylation is 5. The van der Waals surface area contributed by atoms with E-state index in [-0.39, 0.29) is 84.6 Å². The number of phenolic OH excluding ortho intramolecular Hbond substituents is 3. The second-order valence-electron chi connectivity index (χ2n) is 21.5. The molecule has 63 heavy (non-hydrogen) atoms. The summed E-state index contributed by atoms with van der Waals surface area (Å²) in [5.41, 5.74) is 5.10. The second kappa shape index (κ2) is 21.4. The van der Waals surface area contributed by atoms with Gasteiger partial charge in [0.25, 0.3) is 0 Å². The Morgan fingerprint density at radius 2 is 0.714 bits per heavy atom. The van der Waals surface area contributed by atoms with Gasteiger partial charge < -0.3 is 34.3 Å². The van der Waals surface area contributed by atoms with Gasteiger partial charge in [-0.05, 0) is 104 Å². The number of hydrogen-bond donors (Lipinski definition) is 3. The monoisotopic (exact) mass is 875 g/mol. The minimum atomic E-state index is -1.21. The first-order valence-corrected chi connectivity index (χ1v) is 22.6. The zero-order chi connectivity index (χ0) is 47.7. The molecule has 0 bridgehead atoms. The number of aromatic hydroxyl groups is 3. The highest BCUT2D eigenvalue weighted by Crippen LogP contribution is 2.41. The number of methoxy groups -OCH3 is 1. The van der Waals surface area contributed by atoms with E-state index >= 15 is 0 Å². The van der Waals surface area contributed by atoms with Gasteiger partial charge in [-0.2, -0.15) is 0 Å². The zero-order valence-electron chi connectivity index (χ0n) is 41.1. The van der Waals surface area contributed by atoms with Crippen molar-refractivity contribution in [3.05, 3.63) is 86.5 Å². The molecular formula is C53H78O10. The molecule has 0 aliphatic heterocycles. The Hall–Kier alpha value is -4.57. The molecule has 0 aromatic heterocycles. The van der Waals surface area contributed by atoms with E-state index in [1.807, 2.05) is 133 Å². The van der Waals surface area contributed by atoms with E-state index in [0.29, 0.717) is 32.1 Å². The van der Waals surface area contributed by atoms with Crippen molar-refractivity contribution in [3.8, 4) is 17.2 Å². The van der Waals surface area contributed by atoms with Crippen LogP contribution in [0.1, 0.15) is 166 Å². The molecule has 350 valence electrons. The number of phenols is 3. The molecule has 3 rings (SSSR count). The van der Waals surface area contributed by atoms with Crippen LogP contribution in [0.3, 0.4) is 0 Å². The van der Waals surface area contributed by atoms with E-state index in [9.17, 15) is 29.7 Å². The smallest absolute Gasteiger partial charge is 0.306 e. The van der Waals surface area contributed by atoms with E-state index in [4.69, 9.17) is 18.9 Å². The SMILES string of the molecule is CCc1cc(CCC(=O)OCC(COC)(COC(=O)CCc2cc(CC)c(O)c(C(C)(C)C)c2)COC(=O)CCc2cc(C(C)(C)C)c(O)c(C(C)(C)C)c2)cc(C(C)(C)C)c1O. The van der Waals surface area contributed by atoms with Crippen LogP contribution >= 0.6 is 0 Å². The van der Waals surface area contributed by atoms with Gasteiger partial charge in [0.15, 0.2) is 0 Å². The van der Waals surface area contributed by atoms with Gasteiger partial charge >= 0.3 is 17.9 Å². The molecule has 0 aliphatic carbocycles. The minimum Gasteiger partial charge on any atom is -0.507 e. The predicted octanol–water partition coefficient (Wildman–Crippen LogP) is 10.6. The molecule has 10 nitrogen and oxygen atoms in total. The van der Waals surface area contributed by atoms with Crippen LogP contribution in [0, 0.1) is 5.41 Å². The molecule has 0 fully saturated rings. The number of ether oxygens (including phenoxy) is 4. The molecule has 0 heterocycles. The van der Waals surface area contributed by atoms with Crippen molar-refractivity contribution in [2.45, 2.75) is 170 Å². The number of esters is 3. The molecule has 3 aromatic rings. The fourth-order valence-electron chi connectivity index (χ4n) is 7.69. The summed E-state index contributed by atoms with van der Waals surface area (Å²) in [7, 11) is 1.48. The van der Waals surface area contributed by atoms with Gasteiger partial charge in [-0.1, -0.05) is 133 Å². The summed E-state index contributed by atoms with van der Waals surface area (Å²) < 4.78 is 23.2. The maximum Gasteiger partial charge on any atom is 0.306 e. The molecule has 0 radical (unpaired) electrons. The molecule has 3 aromatic carbocycles. The van der Waals surface area contributed by atoms with Gasteiger partial charge in [0.2, 0.25) is 0 Å². The summed E-state index contributed by atoms with van der Waals surface area (Å²) in [5, 5.41) is 33.0. The van der Waals surface area contributed by atoms with Crippen LogP contribution in [0.25, 0.3) is 0 Å². The van der Waals surface area contributed by atoms with Crippen LogP contribution in [0.2, 0.25) is 0 Å². The quantitative estimate of drug-likeness (QED) is 0.0785. The average molecular weight is 875 g/mol. The number of carbonyl (C=O) groups is 3. The minimum absolute atomic E-state index is 0.0395. The van der Waals surface area contributed by atoms with Gasteiger partial charge in [-0.15, -0.1) is 0 Å². The molecule has 0 amide bonds. The molecule has 3 N–H and O–H groups in total. The summed E-state index contributed by atoms with van der Waals surface area (Å²) in [5.74, 6) is -0.634. The number of benzene rings is 3. The summed E-state index contributed by atoms with van der Waals surface area (Å²) in [4.78, 5) is 40.3. The van der Waals surface area contributed by atoms with Crippen molar-refractivity contribution >= 4 is 17.9 Å². The predicted molar refractivity (Wildman–Crippen MR) is 250 cm³/mol. The highest BCUT2D eigenvalue weighted by atomic mass is 16.6. The van der Waals surface area contributed by atoms with E-state index in [2.05, 4.69) is 0 Å². The van der Waals surface area contributed by atoms with Crippen LogP contribution < -0.4 is 0 Å². The topological polar surface area (TPSA) is 149 Å². The van der Waals surface area contributed by atoms with E-state index < -0.39 is 23.3 Å². The first kappa shape index (κ1) is 52.8. The Kier molecular flexibility index (Phi) is 17.9. The van der Waals surface area contributed by atoms with Crippen LogP contribution in [0.5, 0.6) is 17.2 Å². The van der Waals surface area contributed by atoms with Gasteiger partial charge in [-0.25, -0.2) is 0 Å². The highest BCUT2D eigenvalue weighted by Gasteiger charge is 2.37. The molecule has 0 saturated carbocycles. The molecule has 0 atom stereocenters. The van der Waals surface area contributed by atoms with E-state index in [1.165, 1.54) is 7.11 Å². The molecule has 10 heteroatoms. The van der Waals surface area contributed by atoms with Crippen molar-refractivity contribution in [3.63, 3.8) is 0 Å². The molecule has 0 spiro atoms. The van der Waals surface area contributed by atoms with Crippen LogP contribution in [-0.2, 0) is 87.1 Å². The first-order chi connectivity index (χ1) is 29.0. The summed E-state index contributed by atoms with van der Waals surface area (Å²) in [6.07, 6.45) is 2.58. The summed E-state index contributed by atoms with van der Waals surface area (Å²) in [6.45, 7) is 27.6. The van der Waals surface area contributed by atoms with Crippen LogP contribution in [0.4, 0.5) is 0 Å². The lowest BCUT2D eigenvalue weighted by Crippen LogP contribution is -2.43. The lowest BCUT2D eigenvalue weighted by Gasteiger charge is -2.31. The van der Waals surface area contributed by atoms with Gasteiger partial charge in [0.1, 0.15) is 37.1 Å². The Labute approximate surface area is 378 Å². The Bertz CT molecular complexity index is 1920. The molecular weight excluding hydrogens is 797 g/mol. The number of carbonyl (C=O) groups excluding carboxylic acids is 3. The van der Waals surface area contributed by atoms with Gasteiger partial charge in [0.05, 0.1) is 12.0 Å². The number of rotatable bonds is 19. The molecule has 0 saturated heterocycles. The van der Waals surface area contributed by atoms with Crippen LogP contribution in [0.15, 0.2) is 36.4 Å². The maximum absolute atomic E-state index is 13.5. The lowest BCUT2D eigenvalue weighted by molar-refractivity contribution is -0.166. The third kappa shape index (κ3) is 15.0. The zero-order valence-corrected chi connectivity index (χ0v) is 41.1. The van der Waals surface area contributed by atoms with E-state index in [0.717, 1.165) is 50.1 Å². The van der Waals surface area contributed by atoms with Crippen molar-refractivity contribution in [2.75, 3.05) is 33.5 Å². The summed E-state index contributed by atoms with van der Waals surface area (Å²) in [6, 6.07) is 11.6. The lowest BCUT2D eigenvalue weighted by atomic mass is 9.78. The van der Waals surface area contributed by atoms with Crippen molar-refractivity contribution in [2.24, 2.45) is 5.41 Å². The van der Waals surface area contributed by atoms with Crippen molar-refractivity contribution in [1.29, 1.82) is 0 Å². The Balaban J connectivity index is 1.83. The average Bonchev–Trinajstić information content (AvgIpc) is 3.18. The maximum atomic E-state index is 13.5. The van der Waals surface area contributed by atoms with Gasteiger partial charge in [-0.3, -0.25) is 14.4 Å². The fourth-order valence-corrected chi connectivity index (χ4v) is 7.69. The highest BCUT2D eigenvalue weighted by molar-refractivity contribution is 5.71. The molecule has 0 aliphatic rings. The normalized spacial score (nSPS) is 12.6. The third-order valence-electron chi connectivity index (χ3n) is 11.6. The van der Waals surface area contributed by atoms with Crippen molar-refractivity contribution in [1.82, 2.24) is 0 Å². The second-order valence-corrected chi connectivity index (χ2v) is 21.5. The number of hydrogen-bond acceptors (Lipinski definition) is 10. The summed E-state index contributed by atoms with van der Waals surface area (Å²) >= 11 is 0. The van der Waals surface area contributed by atoms with E-state index in [1.54, 1.807) is 0 Å². The standard InChI is InChI=1S/C53H78O10/c1-16-37-24-34(26-39(46(37)57)49(3,4)5)18-21-43(54)61-31-53(30-60-15,32-62-44(55)22-19-35-25-38(17-2)47(58)40(27-35)50(6,7)8)33-63-45(56)23-20-36-28-41(51(9,10)11)48(59)42(29-36)52(12,13)14/h24-29,57-59H,16-23,30-33H2,1-15H3. The Morgan fingerprint density at radius 1 is 0.444 bits per heavy atom. The van der Waals surface area contributed by atoms with Gasteiger partial charge in [0, 0.05) is 26.4 Å². The van der Waals surface area contributed by atoms with Crippen molar-refractivity contribution < 1.29 is 48.7 Å².